The maximum absolute atomic E-state index is 2.37. The van der Waals surface area contributed by atoms with Gasteiger partial charge in [0.25, 0.3) is 0 Å². The van der Waals surface area contributed by atoms with Crippen LogP contribution in [-0.4, -0.2) is 0 Å². The van der Waals surface area contributed by atoms with Crippen LogP contribution in [0.15, 0.2) is 224 Å². The first-order chi connectivity index (χ1) is 27.3. The summed E-state index contributed by atoms with van der Waals surface area (Å²) in [5.41, 5.74) is 13.1. The normalized spacial score (nSPS) is 11.3. The Morgan fingerprint density at radius 2 is 0.691 bits per heavy atom. The van der Waals surface area contributed by atoms with Gasteiger partial charge >= 0.3 is 0 Å². The van der Waals surface area contributed by atoms with Gasteiger partial charge in [0.15, 0.2) is 0 Å². The number of hydrogen-bond donors (Lipinski definition) is 0. The van der Waals surface area contributed by atoms with Crippen molar-refractivity contribution in [3.05, 3.63) is 224 Å². The van der Waals surface area contributed by atoms with Crippen molar-refractivity contribution in [2.45, 2.75) is 0 Å². The van der Waals surface area contributed by atoms with Gasteiger partial charge in [-0.15, -0.1) is 0 Å². The summed E-state index contributed by atoms with van der Waals surface area (Å²) in [5, 5.41) is 7.46. The monoisotopic (exact) mass is 699 g/mol. The molecule has 0 aliphatic rings. The van der Waals surface area contributed by atoms with E-state index >= 15 is 0 Å². The van der Waals surface area contributed by atoms with E-state index in [9.17, 15) is 0 Å². The molecule has 1 heteroatoms. The molecule has 0 saturated carbocycles. The summed E-state index contributed by atoms with van der Waals surface area (Å²) in [7, 11) is 0. The second-order valence-corrected chi connectivity index (χ2v) is 14.1. The highest BCUT2D eigenvalue weighted by Crippen LogP contribution is 2.41. The van der Waals surface area contributed by atoms with E-state index in [0.717, 1.165) is 17.1 Å². The maximum Gasteiger partial charge on any atom is 0.0468 e. The summed E-state index contributed by atoms with van der Waals surface area (Å²) < 4.78 is 0. The van der Waals surface area contributed by atoms with Crippen LogP contribution in [0.1, 0.15) is 0 Å². The Morgan fingerprint density at radius 3 is 1.38 bits per heavy atom. The molecule has 0 aliphatic carbocycles. The lowest BCUT2D eigenvalue weighted by Gasteiger charge is -2.26. The molecule has 0 heterocycles. The van der Waals surface area contributed by atoms with E-state index in [2.05, 4.69) is 229 Å². The smallest absolute Gasteiger partial charge is 0.0468 e. The van der Waals surface area contributed by atoms with Gasteiger partial charge in [-0.25, -0.2) is 0 Å². The Kier molecular flexibility index (Phi) is 8.24. The summed E-state index contributed by atoms with van der Waals surface area (Å²) >= 11 is 0. The fourth-order valence-electron chi connectivity index (χ4n) is 8.13. The predicted molar refractivity (Wildman–Crippen MR) is 235 cm³/mol. The quantitative estimate of drug-likeness (QED) is 0.160. The molecule has 1 nitrogen and oxygen atoms in total. The summed E-state index contributed by atoms with van der Waals surface area (Å²) in [5.74, 6) is 0. The summed E-state index contributed by atoms with van der Waals surface area (Å²) in [6, 6.07) is 81.4. The molecule has 0 atom stereocenters. The number of rotatable bonds is 7. The van der Waals surface area contributed by atoms with Crippen LogP contribution in [-0.2, 0) is 0 Å². The lowest BCUT2D eigenvalue weighted by atomic mass is 9.91. The van der Waals surface area contributed by atoms with Crippen molar-refractivity contribution in [3.8, 4) is 44.5 Å². The molecule has 0 bridgehead atoms. The van der Waals surface area contributed by atoms with Gasteiger partial charge in [0, 0.05) is 17.1 Å². The number of benzene rings is 10. The largest absolute Gasteiger partial charge is 0.310 e. The Hall–Kier alpha value is -7.22. The third-order valence-electron chi connectivity index (χ3n) is 10.8. The van der Waals surface area contributed by atoms with Crippen molar-refractivity contribution >= 4 is 49.4 Å². The number of hydrogen-bond acceptors (Lipinski definition) is 1. The molecule has 10 aromatic carbocycles. The third-order valence-corrected chi connectivity index (χ3v) is 10.8. The van der Waals surface area contributed by atoms with Gasteiger partial charge in [-0.1, -0.05) is 182 Å². The average Bonchev–Trinajstić information content (AvgIpc) is 3.27. The zero-order valence-electron chi connectivity index (χ0n) is 30.3. The van der Waals surface area contributed by atoms with Crippen LogP contribution in [0.25, 0.3) is 76.8 Å². The van der Waals surface area contributed by atoms with E-state index in [1.54, 1.807) is 0 Å². The minimum atomic E-state index is 1.10. The SMILES string of the molecule is c1ccc(-c2ccc(N(c3ccc(-c4cccc5cccc(-c6ccccc6)c45)cc3)c3ccc4cc(-c5cccc6ccccc56)ccc4c3)cc2)cc1. The van der Waals surface area contributed by atoms with Crippen LogP contribution in [0.2, 0.25) is 0 Å². The summed E-state index contributed by atoms with van der Waals surface area (Å²) in [6.07, 6.45) is 0. The van der Waals surface area contributed by atoms with Gasteiger partial charge in [0.2, 0.25) is 0 Å². The molecule has 0 radical (unpaired) electrons. The van der Waals surface area contributed by atoms with E-state index in [1.807, 2.05) is 0 Å². The minimum absolute atomic E-state index is 1.10. The molecule has 0 aromatic heterocycles. The highest BCUT2D eigenvalue weighted by molar-refractivity contribution is 6.06. The van der Waals surface area contributed by atoms with Crippen LogP contribution in [0, 0.1) is 0 Å². The zero-order valence-corrected chi connectivity index (χ0v) is 30.3. The highest BCUT2D eigenvalue weighted by Gasteiger charge is 2.16. The van der Waals surface area contributed by atoms with E-state index in [0.29, 0.717) is 0 Å². The Balaban J connectivity index is 1.07. The summed E-state index contributed by atoms with van der Waals surface area (Å²) in [4.78, 5) is 2.37. The van der Waals surface area contributed by atoms with Crippen molar-refractivity contribution in [2.24, 2.45) is 0 Å². The fraction of sp³-hybridized carbons (Fsp3) is 0. The number of anilines is 3. The summed E-state index contributed by atoms with van der Waals surface area (Å²) in [6.45, 7) is 0. The van der Waals surface area contributed by atoms with Crippen LogP contribution in [0.4, 0.5) is 17.1 Å². The van der Waals surface area contributed by atoms with E-state index in [4.69, 9.17) is 0 Å². The molecule has 0 unspecified atom stereocenters. The van der Waals surface area contributed by atoms with Gasteiger partial charge in [-0.2, -0.15) is 0 Å². The van der Waals surface area contributed by atoms with Gasteiger partial charge in [0.05, 0.1) is 0 Å². The standard InChI is InChI=1S/C54H37N/c1-3-12-38(13-4-1)39-26-31-47(32-27-39)55(49-35-30-44-36-46(25-24-45(44)37-49)51-21-9-17-40-16-7-8-20-50(40)51)48-33-28-42(29-34-48)53-23-11-19-43-18-10-22-52(54(43)53)41-14-5-2-6-15-41/h1-37H. The van der Waals surface area contributed by atoms with E-state index < -0.39 is 0 Å². The van der Waals surface area contributed by atoms with Crippen molar-refractivity contribution in [1.82, 2.24) is 0 Å². The molecule has 0 spiro atoms. The van der Waals surface area contributed by atoms with Crippen LogP contribution in [0.5, 0.6) is 0 Å². The number of fused-ring (bicyclic) bond motifs is 3. The molecule has 10 aromatic rings. The Morgan fingerprint density at radius 1 is 0.236 bits per heavy atom. The average molecular weight is 700 g/mol. The lowest BCUT2D eigenvalue weighted by molar-refractivity contribution is 1.29. The first kappa shape index (κ1) is 32.4. The van der Waals surface area contributed by atoms with Crippen molar-refractivity contribution in [3.63, 3.8) is 0 Å². The van der Waals surface area contributed by atoms with Gasteiger partial charge in [-0.3, -0.25) is 0 Å². The van der Waals surface area contributed by atoms with Crippen LogP contribution >= 0.6 is 0 Å². The molecule has 0 aliphatic heterocycles. The third kappa shape index (κ3) is 6.12. The van der Waals surface area contributed by atoms with Gasteiger partial charge < -0.3 is 4.90 Å². The van der Waals surface area contributed by atoms with Crippen molar-refractivity contribution < 1.29 is 0 Å². The van der Waals surface area contributed by atoms with Gasteiger partial charge in [-0.05, 0) is 119 Å². The minimum Gasteiger partial charge on any atom is -0.310 e. The van der Waals surface area contributed by atoms with Crippen molar-refractivity contribution in [1.29, 1.82) is 0 Å². The Bertz CT molecular complexity index is 2940. The van der Waals surface area contributed by atoms with Crippen molar-refractivity contribution in [2.75, 3.05) is 4.90 Å². The Labute approximate surface area is 322 Å². The van der Waals surface area contributed by atoms with Crippen LogP contribution in [0.3, 0.4) is 0 Å². The molecule has 258 valence electrons. The van der Waals surface area contributed by atoms with Crippen LogP contribution < -0.4 is 4.90 Å². The first-order valence-electron chi connectivity index (χ1n) is 18.9. The first-order valence-corrected chi connectivity index (χ1v) is 18.9. The van der Waals surface area contributed by atoms with Gasteiger partial charge in [0.1, 0.15) is 0 Å². The molecular formula is C54H37N. The maximum atomic E-state index is 2.37. The molecule has 10 rings (SSSR count). The lowest BCUT2D eigenvalue weighted by Crippen LogP contribution is -2.09. The molecule has 55 heavy (non-hydrogen) atoms. The number of nitrogens with zero attached hydrogens (tertiary/aromatic N) is 1. The molecule has 0 amide bonds. The fourth-order valence-corrected chi connectivity index (χ4v) is 8.13. The van der Waals surface area contributed by atoms with E-state index in [-0.39, 0.29) is 0 Å². The molecule has 0 saturated heterocycles. The molecule has 0 fully saturated rings. The zero-order chi connectivity index (χ0) is 36.6. The van der Waals surface area contributed by atoms with E-state index in [1.165, 1.54) is 76.8 Å². The molecular weight excluding hydrogens is 663 g/mol. The predicted octanol–water partition coefficient (Wildman–Crippen LogP) is 15.3. The topological polar surface area (TPSA) is 3.24 Å². The molecule has 0 N–H and O–H groups in total. The highest BCUT2D eigenvalue weighted by atomic mass is 15.1. The second-order valence-electron chi connectivity index (χ2n) is 14.1. The second kappa shape index (κ2) is 14.0.